The van der Waals surface area contributed by atoms with E-state index in [4.69, 9.17) is 10.2 Å². The molecule has 0 aromatic rings. The third-order valence-corrected chi connectivity index (χ3v) is 1.84. The van der Waals surface area contributed by atoms with Gasteiger partial charge in [0.15, 0.2) is 0 Å². The molecule has 3 N–H and O–H groups in total. The minimum Gasteiger partial charge on any atom is -0.478 e. The maximum Gasteiger partial charge on any atom is 0.328 e. The number of carbonyl (C=O) groups excluding carboxylic acids is 1. The number of amides is 1. The van der Waals surface area contributed by atoms with Crippen LogP contribution in [-0.4, -0.2) is 34.2 Å². The molecule has 1 saturated carbocycles. The fraction of sp³-hybridized carbons (Fsp3) is 0.500. The number of hydrogen-bond donors (Lipinski definition) is 3. The molecule has 13 heavy (non-hydrogen) atoms. The molecule has 0 heterocycles. The van der Waals surface area contributed by atoms with Gasteiger partial charge in [-0.2, -0.15) is 0 Å². The zero-order valence-corrected chi connectivity index (χ0v) is 6.93. The molecule has 0 saturated heterocycles. The second kappa shape index (κ2) is 4.04. The Hall–Kier alpha value is -1.36. The average molecular weight is 185 g/mol. The number of carboxylic acids is 1. The highest BCUT2D eigenvalue weighted by Crippen LogP contribution is 2.18. The van der Waals surface area contributed by atoms with Crippen molar-refractivity contribution < 1.29 is 19.8 Å². The van der Waals surface area contributed by atoms with Crippen molar-refractivity contribution in [3.05, 3.63) is 12.2 Å². The lowest BCUT2D eigenvalue weighted by molar-refractivity contribution is -0.131. The summed E-state index contributed by atoms with van der Waals surface area (Å²) in [5, 5.41) is 19.6. The van der Waals surface area contributed by atoms with Gasteiger partial charge < -0.3 is 15.5 Å². The van der Waals surface area contributed by atoms with Crippen molar-refractivity contribution in [2.75, 3.05) is 0 Å². The number of rotatable bonds is 3. The summed E-state index contributed by atoms with van der Waals surface area (Å²) < 4.78 is 0. The van der Waals surface area contributed by atoms with Crippen molar-refractivity contribution >= 4 is 11.9 Å². The van der Waals surface area contributed by atoms with Crippen molar-refractivity contribution in [2.45, 2.75) is 25.0 Å². The number of aliphatic carboxylic acids is 1. The Balaban J connectivity index is 2.22. The van der Waals surface area contributed by atoms with E-state index in [0.29, 0.717) is 12.8 Å². The molecule has 0 unspecified atom stereocenters. The monoisotopic (exact) mass is 185 g/mol. The standard InChI is InChI=1S/C8H11NO4/c10-6-3-5(4-6)9-7(11)1-2-8(12)13/h1-2,5-6,10H,3-4H2,(H,9,11)(H,12,13). The highest BCUT2D eigenvalue weighted by Gasteiger charge is 2.27. The van der Waals surface area contributed by atoms with Crippen LogP contribution in [0.3, 0.4) is 0 Å². The lowest BCUT2D eigenvalue weighted by Crippen LogP contribution is -2.46. The highest BCUT2D eigenvalue weighted by atomic mass is 16.4. The van der Waals surface area contributed by atoms with Gasteiger partial charge in [-0.15, -0.1) is 0 Å². The van der Waals surface area contributed by atoms with Gasteiger partial charge in [-0.25, -0.2) is 4.79 Å². The summed E-state index contributed by atoms with van der Waals surface area (Å²) in [6.45, 7) is 0. The minimum atomic E-state index is -1.15. The van der Waals surface area contributed by atoms with Gasteiger partial charge in [0.05, 0.1) is 6.10 Å². The van der Waals surface area contributed by atoms with Gasteiger partial charge in [0.25, 0.3) is 0 Å². The molecule has 5 heteroatoms. The van der Waals surface area contributed by atoms with Crippen molar-refractivity contribution in [3.8, 4) is 0 Å². The first-order valence-corrected chi connectivity index (χ1v) is 3.97. The van der Waals surface area contributed by atoms with Gasteiger partial charge in [-0.05, 0) is 12.8 Å². The molecule has 0 aromatic heterocycles. The van der Waals surface area contributed by atoms with E-state index < -0.39 is 11.9 Å². The molecule has 0 aromatic carbocycles. The topological polar surface area (TPSA) is 86.6 Å². The van der Waals surface area contributed by atoms with E-state index in [1.165, 1.54) is 0 Å². The van der Waals surface area contributed by atoms with Gasteiger partial charge in [-0.1, -0.05) is 0 Å². The maximum atomic E-state index is 10.9. The summed E-state index contributed by atoms with van der Waals surface area (Å²) in [7, 11) is 0. The molecule has 1 amide bonds. The molecule has 1 rings (SSSR count). The van der Waals surface area contributed by atoms with Crippen LogP contribution >= 0.6 is 0 Å². The minimum absolute atomic E-state index is 0.0130. The second-order valence-corrected chi connectivity index (χ2v) is 3.00. The number of carbonyl (C=O) groups is 2. The quantitative estimate of drug-likeness (QED) is 0.506. The van der Waals surface area contributed by atoms with Crippen LogP contribution in [0.5, 0.6) is 0 Å². The van der Waals surface area contributed by atoms with Crippen LogP contribution in [0.25, 0.3) is 0 Å². The predicted octanol–water partition coefficient (Wildman–Crippen LogP) is -0.733. The van der Waals surface area contributed by atoms with E-state index in [-0.39, 0.29) is 12.1 Å². The van der Waals surface area contributed by atoms with Crippen molar-refractivity contribution in [1.82, 2.24) is 5.32 Å². The summed E-state index contributed by atoms with van der Waals surface area (Å²) in [6, 6.07) is -0.0130. The SMILES string of the molecule is O=C(O)C=CC(=O)NC1CC(O)C1. The molecular formula is C8H11NO4. The molecule has 0 bridgehead atoms. The second-order valence-electron chi connectivity index (χ2n) is 3.00. The molecule has 72 valence electrons. The van der Waals surface area contributed by atoms with Crippen molar-refractivity contribution in [3.63, 3.8) is 0 Å². The van der Waals surface area contributed by atoms with Gasteiger partial charge >= 0.3 is 5.97 Å². The number of hydrogen-bond acceptors (Lipinski definition) is 3. The molecule has 1 fully saturated rings. The Morgan fingerprint density at radius 3 is 2.38 bits per heavy atom. The van der Waals surface area contributed by atoms with Crippen LogP contribution in [-0.2, 0) is 9.59 Å². The van der Waals surface area contributed by atoms with Crippen LogP contribution in [0.4, 0.5) is 0 Å². The Morgan fingerprint density at radius 2 is 1.92 bits per heavy atom. The zero-order chi connectivity index (χ0) is 9.84. The average Bonchev–Trinajstić information content (AvgIpc) is 1.98. The van der Waals surface area contributed by atoms with E-state index in [9.17, 15) is 9.59 Å². The Bertz CT molecular complexity index is 243. The van der Waals surface area contributed by atoms with Crippen LogP contribution in [0.2, 0.25) is 0 Å². The van der Waals surface area contributed by atoms with E-state index in [1.807, 2.05) is 0 Å². The van der Waals surface area contributed by atoms with Gasteiger partial charge in [-0.3, -0.25) is 4.79 Å². The lowest BCUT2D eigenvalue weighted by Gasteiger charge is -2.31. The maximum absolute atomic E-state index is 10.9. The smallest absolute Gasteiger partial charge is 0.328 e. The largest absolute Gasteiger partial charge is 0.478 e. The molecule has 0 aliphatic heterocycles. The fourth-order valence-corrected chi connectivity index (χ4v) is 1.10. The van der Waals surface area contributed by atoms with Crippen LogP contribution in [0.15, 0.2) is 12.2 Å². The Morgan fingerprint density at radius 1 is 1.31 bits per heavy atom. The molecule has 0 radical (unpaired) electrons. The van der Waals surface area contributed by atoms with Crippen molar-refractivity contribution in [2.24, 2.45) is 0 Å². The normalized spacial score (nSPS) is 26.8. The molecule has 5 nitrogen and oxygen atoms in total. The third-order valence-electron chi connectivity index (χ3n) is 1.84. The predicted molar refractivity (Wildman–Crippen MR) is 43.9 cm³/mol. The summed E-state index contributed by atoms with van der Waals surface area (Å²) >= 11 is 0. The van der Waals surface area contributed by atoms with Gasteiger partial charge in [0.2, 0.25) is 5.91 Å². The first kappa shape index (κ1) is 9.73. The molecule has 1 aliphatic rings. The summed E-state index contributed by atoms with van der Waals surface area (Å²) in [5.74, 6) is -1.58. The van der Waals surface area contributed by atoms with E-state index in [1.54, 1.807) is 0 Å². The van der Waals surface area contributed by atoms with Crippen LogP contribution in [0, 0.1) is 0 Å². The summed E-state index contributed by atoms with van der Waals surface area (Å²) in [5.41, 5.74) is 0. The third kappa shape index (κ3) is 3.25. The number of aliphatic hydroxyl groups is 1. The van der Waals surface area contributed by atoms with Crippen LogP contribution in [0.1, 0.15) is 12.8 Å². The van der Waals surface area contributed by atoms with E-state index in [2.05, 4.69) is 5.32 Å². The van der Waals surface area contributed by atoms with Gasteiger partial charge in [0.1, 0.15) is 0 Å². The highest BCUT2D eigenvalue weighted by molar-refractivity contribution is 5.94. The molecule has 0 atom stereocenters. The Kier molecular flexibility index (Phi) is 3.02. The molecule has 1 aliphatic carbocycles. The number of carboxylic acid groups (broad SMARTS) is 1. The number of nitrogens with one attached hydrogen (secondary N) is 1. The molecular weight excluding hydrogens is 174 g/mol. The van der Waals surface area contributed by atoms with Gasteiger partial charge in [0, 0.05) is 18.2 Å². The zero-order valence-electron chi connectivity index (χ0n) is 6.93. The molecule has 0 spiro atoms. The Labute approximate surface area is 75.1 Å². The summed E-state index contributed by atoms with van der Waals surface area (Å²) in [4.78, 5) is 20.9. The van der Waals surface area contributed by atoms with Crippen LogP contribution < -0.4 is 5.32 Å². The summed E-state index contributed by atoms with van der Waals surface area (Å²) in [6.07, 6.45) is 2.52. The van der Waals surface area contributed by atoms with E-state index in [0.717, 1.165) is 12.2 Å². The lowest BCUT2D eigenvalue weighted by atomic mass is 9.89. The fourth-order valence-electron chi connectivity index (χ4n) is 1.10. The van der Waals surface area contributed by atoms with Crippen molar-refractivity contribution in [1.29, 1.82) is 0 Å². The van der Waals surface area contributed by atoms with E-state index >= 15 is 0 Å². The number of aliphatic hydroxyl groups excluding tert-OH is 1. The first-order valence-electron chi connectivity index (χ1n) is 3.97. The first-order chi connectivity index (χ1) is 6.08.